The van der Waals surface area contributed by atoms with Crippen LogP contribution in [0, 0.1) is 0 Å². The Morgan fingerprint density at radius 2 is 2.26 bits per heavy atom. The molecule has 1 N–H and O–H groups in total. The molecule has 3 rings (SSSR count). The first-order chi connectivity index (χ1) is 11.2. The molecule has 1 aromatic heterocycles. The first kappa shape index (κ1) is 15.2. The van der Waals surface area contributed by atoms with Gasteiger partial charge in [0.2, 0.25) is 0 Å². The zero-order chi connectivity index (χ0) is 16.2. The van der Waals surface area contributed by atoms with E-state index >= 15 is 0 Å². The maximum Gasteiger partial charge on any atom is 0.250 e. The predicted octanol–water partition coefficient (Wildman–Crippen LogP) is 2.81. The molecule has 1 amide bonds. The van der Waals surface area contributed by atoms with Crippen LogP contribution in [-0.4, -0.2) is 25.7 Å². The van der Waals surface area contributed by atoms with Gasteiger partial charge in [0.05, 0.1) is 18.9 Å². The van der Waals surface area contributed by atoms with Crippen molar-refractivity contribution in [3.8, 4) is 11.5 Å². The Hall–Kier alpha value is -2.69. The molecule has 1 aromatic carbocycles. The second-order valence-corrected chi connectivity index (χ2v) is 5.52. The molecule has 5 nitrogen and oxygen atoms in total. The second-order valence-electron chi connectivity index (χ2n) is 5.52. The van der Waals surface area contributed by atoms with E-state index in [9.17, 15) is 4.79 Å². The van der Waals surface area contributed by atoms with Crippen LogP contribution in [0.15, 0.2) is 46.6 Å². The van der Waals surface area contributed by atoms with Gasteiger partial charge in [-0.1, -0.05) is 0 Å². The number of furan rings is 1. The number of nitrogens with one attached hydrogen (secondary N) is 1. The molecule has 23 heavy (non-hydrogen) atoms. The van der Waals surface area contributed by atoms with Crippen LogP contribution >= 0.6 is 0 Å². The minimum absolute atomic E-state index is 0.0266. The minimum atomic E-state index is -0.127. The molecule has 0 unspecified atom stereocenters. The van der Waals surface area contributed by atoms with Crippen molar-refractivity contribution in [3.63, 3.8) is 0 Å². The van der Waals surface area contributed by atoms with Crippen LogP contribution < -0.4 is 14.8 Å². The van der Waals surface area contributed by atoms with Gasteiger partial charge in [-0.3, -0.25) is 4.79 Å². The Morgan fingerprint density at radius 3 is 3.00 bits per heavy atom. The Labute approximate surface area is 134 Å². The van der Waals surface area contributed by atoms with Crippen LogP contribution in [0.1, 0.15) is 18.2 Å². The molecule has 0 bridgehead atoms. The molecule has 5 heteroatoms. The largest absolute Gasteiger partial charge is 0.497 e. The average Bonchev–Trinajstić information content (AvgIpc) is 3.06. The summed E-state index contributed by atoms with van der Waals surface area (Å²) in [5.41, 5.74) is 1.44. The Kier molecular flexibility index (Phi) is 4.37. The molecule has 1 aliphatic heterocycles. The van der Waals surface area contributed by atoms with Gasteiger partial charge in [-0.05, 0) is 43.3 Å². The summed E-state index contributed by atoms with van der Waals surface area (Å²) >= 11 is 0. The number of amides is 1. The van der Waals surface area contributed by atoms with E-state index in [1.54, 1.807) is 13.4 Å². The van der Waals surface area contributed by atoms with E-state index in [0.717, 1.165) is 22.8 Å². The Balaban J connectivity index is 1.68. The predicted molar refractivity (Wildman–Crippen MR) is 86.5 cm³/mol. The summed E-state index contributed by atoms with van der Waals surface area (Å²) in [7, 11) is 1.61. The molecule has 1 atom stereocenters. The van der Waals surface area contributed by atoms with Crippen LogP contribution in [0.3, 0.4) is 0 Å². The van der Waals surface area contributed by atoms with Gasteiger partial charge in [-0.2, -0.15) is 0 Å². The highest BCUT2D eigenvalue weighted by molar-refractivity contribution is 5.99. The van der Waals surface area contributed by atoms with E-state index in [1.165, 1.54) is 0 Å². The van der Waals surface area contributed by atoms with Crippen molar-refractivity contribution in [2.24, 2.45) is 0 Å². The molecule has 0 spiro atoms. The van der Waals surface area contributed by atoms with Crippen LogP contribution in [0.2, 0.25) is 0 Å². The highest BCUT2D eigenvalue weighted by Crippen LogP contribution is 2.29. The number of methoxy groups -OCH3 is 1. The van der Waals surface area contributed by atoms with Crippen LogP contribution in [-0.2, 0) is 11.2 Å². The van der Waals surface area contributed by atoms with Crippen molar-refractivity contribution in [1.29, 1.82) is 0 Å². The fraction of sp³-hybridized carbons (Fsp3) is 0.278. The molecule has 2 aromatic rings. The molecule has 0 saturated carbocycles. The van der Waals surface area contributed by atoms with Gasteiger partial charge in [0.25, 0.3) is 5.91 Å². The number of benzene rings is 1. The minimum Gasteiger partial charge on any atom is -0.497 e. The normalized spacial score (nSPS) is 14.3. The summed E-state index contributed by atoms with van der Waals surface area (Å²) < 4.78 is 16.1. The number of carbonyl (C=O) groups excluding carboxylic acids is 1. The highest BCUT2D eigenvalue weighted by atomic mass is 16.5. The average molecular weight is 313 g/mol. The molecule has 0 radical (unpaired) electrons. The van der Waals surface area contributed by atoms with Crippen LogP contribution in [0.5, 0.6) is 11.5 Å². The van der Waals surface area contributed by atoms with Gasteiger partial charge in [0.1, 0.15) is 23.9 Å². The van der Waals surface area contributed by atoms with Crippen molar-refractivity contribution in [3.05, 3.63) is 53.5 Å². The zero-order valence-electron chi connectivity index (χ0n) is 13.2. The van der Waals surface area contributed by atoms with E-state index in [0.29, 0.717) is 12.0 Å². The first-order valence-electron chi connectivity index (χ1n) is 7.50. The van der Waals surface area contributed by atoms with E-state index < -0.39 is 0 Å². The molecule has 0 fully saturated rings. The lowest BCUT2D eigenvalue weighted by atomic mass is 10.1. The van der Waals surface area contributed by atoms with Crippen LogP contribution in [0.4, 0.5) is 0 Å². The lowest BCUT2D eigenvalue weighted by molar-refractivity contribution is -0.118. The number of ether oxygens (including phenoxy) is 2. The Bertz CT molecular complexity index is 719. The lowest BCUT2D eigenvalue weighted by Crippen LogP contribution is -2.36. The van der Waals surface area contributed by atoms with Gasteiger partial charge < -0.3 is 19.2 Å². The van der Waals surface area contributed by atoms with Gasteiger partial charge in [-0.15, -0.1) is 0 Å². The summed E-state index contributed by atoms with van der Waals surface area (Å²) in [4.78, 5) is 12.4. The smallest absolute Gasteiger partial charge is 0.250 e. The molecule has 2 heterocycles. The summed E-state index contributed by atoms with van der Waals surface area (Å²) in [5.74, 6) is 2.21. The second kappa shape index (κ2) is 6.60. The Morgan fingerprint density at radius 1 is 1.39 bits per heavy atom. The summed E-state index contributed by atoms with van der Waals surface area (Å²) in [6.45, 7) is 2.21. The van der Waals surface area contributed by atoms with E-state index in [1.807, 2.05) is 43.3 Å². The lowest BCUT2D eigenvalue weighted by Gasteiger charge is -2.20. The molecule has 0 aliphatic carbocycles. The van der Waals surface area contributed by atoms with Gasteiger partial charge in [0.15, 0.2) is 0 Å². The molecule has 0 saturated heterocycles. The van der Waals surface area contributed by atoms with Crippen LogP contribution in [0.25, 0.3) is 6.08 Å². The quantitative estimate of drug-likeness (QED) is 0.922. The third-order valence-corrected chi connectivity index (χ3v) is 3.69. The van der Waals surface area contributed by atoms with E-state index in [2.05, 4.69) is 5.32 Å². The van der Waals surface area contributed by atoms with Gasteiger partial charge in [0, 0.05) is 18.0 Å². The van der Waals surface area contributed by atoms with Gasteiger partial charge in [-0.25, -0.2) is 0 Å². The monoisotopic (exact) mass is 313 g/mol. The number of fused-ring (bicyclic) bond motifs is 1. The molecule has 1 aliphatic rings. The van der Waals surface area contributed by atoms with E-state index in [4.69, 9.17) is 13.9 Å². The third-order valence-electron chi connectivity index (χ3n) is 3.69. The van der Waals surface area contributed by atoms with Crippen molar-refractivity contribution in [1.82, 2.24) is 5.32 Å². The number of carbonyl (C=O) groups is 1. The van der Waals surface area contributed by atoms with E-state index in [-0.39, 0.29) is 18.6 Å². The van der Waals surface area contributed by atoms with Crippen molar-refractivity contribution in [2.45, 2.75) is 19.4 Å². The van der Waals surface area contributed by atoms with Crippen molar-refractivity contribution >= 4 is 12.0 Å². The van der Waals surface area contributed by atoms with Gasteiger partial charge >= 0.3 is 0 Å². The van der Waals surface area contributed by atoms with Crippen molar-refractivity contribution < 1.29 is 18.7 Å². The maximum atomic E-state index is 12.4. The fourth-order valence-electron chi connectivity index (χ4n) is 2.51. The summed E-state index contributed by atoms with van der Waals surface area (Å²) in [6.07, 6.45) is 4.12. The molecule has 120 valence electrons. The first-order valence-corrected chi connectivity index (χ1v) is 7.50. The fourth-order valence-corrected chi connectivity index (χ4v) is 2.51. The number of hydrogen-bond donors (Lipinski definition) is 1. The maximum absolute atomic E-state index is 12.4. The SMILES string of the molecule is COc1ccc2c(c1)C=C(C(=O)N[C@H](C)Cc1ccco1)CO2. The van der Waals surface area contributed by atoms with Crippen molar-refractivity contribution in [2.75, 3.05) is 13.7 Å². The summed E-state index contributed by atoms with van der Waals surface area (Å²) in [5, 5.41) is 2.97. The zero-order valence-corrected chi connectivity index (χ0v) is 13.2. The third kappa shape index (κ3) is 3.56. The highest BCUT2D eigenvalue weighted by Gasteiger charge is 2.19. The summed E-state index contributed by atoms with van der Waals surface area (Å²) in [6, 6.07) is 9.25. The topological polar surface area (TPSA) is 60.7 Å². The number of rotatable bonds is 5. The number of hydrogen-bond acceptors (Lipinski definition) is 4. The standard InChI is InChI=1S/C18H19NO4/c1-12(8-16-4-3-7-22-16)19-18(20)14-9-13-10-15(21-2)5-6-17(13)23-11-14/h3-7,9-10,12H,8,11H2,1-2H3,(H,19,20)/t12-/m1/s1. The molecular formula is C18H19NO4. The molecular weight excluding hydrogens is 294 g/mol.